The topological polar surface area (TPSA) is 76.7 Å². The summed E-state index contributed by atoms with van der Waals surface area (Å²) in [6, 6.07) is 4.07. The van der Waals surface area contributed by atoms with Crippen LogP contribution in [-0.2, 0) is 22.4 Å². The van der Waals surface area contributed by atoms with Crippen LogP contribution >= 0.6 is 11.3 Å². The SMILES string of the molecule is Cc1nc2sc3c(c2c(-c2ccn4ccnc4c2)c1C(OC(C)(C)C)C(=O)O)CCCC3. The molecule has 0 spiro atoms. The molecule has 1 unspecified atom stereocenters. The van der Waals surface area contributed by atoms with Gasteiger partial charge in [-0.15, -0.1) is 11.3 Å². The number of carbonyl (C=O) groups is 1. The molecule has 1 aliphatic rings. The number of aryl methyl sites for hydroxylation is 3. The van der Waals surface area contributed by atoms with E-state index in [9.17, 15) is 9.90 Å². The molecular weight excluding hydrogens is 422 g/mol. The van der Waals surface area contributed by atoms with Crippen molar-refractivity contribution in [3.8, 4) is 11.1 Å². The van der Waals surface area contributed by atoms with Crippen molar-refractivity contribution < 1.29 is 14.6 Å². The summed E-state index contributed by atoms with van der Waals surface area (Å²) < 4.78 is 8.07. The van der Waals surface area contributed by atoms with Crippen molar-refractivity contribution >= 4 is 33.2 Å². The van der Waals surface area contributed by atoms with Gasteiger partial charge in [0.25, 0.3) is 0 Å². The van der Waals surface area contributed by atoms with Crippen LogP contribution in [0.5, 0.6) is 0 Å². The highest BCUT2D eigenvalue weighted by Gasteiger charge is 2.34. The second kappa shape index (κ2) is 7.67. The first-order valence-electron chi connectivity index (χ1n) is 11.0. The molecule has 7 heteroatoms. The van der Waals surface area contributed by atoms with E-state index in [-0.39, 0.29) is 0 Å². The highest BCUT2D eigenvalue weighted by atomic mass is 32.1. The lowest BCUT2D eigenvalue weighted by Gasteiger charge is -2.28. The summed E-state index contributed by atoms with van der Waals surface area (Å²) in [5.74, 6) is -1.00. The third kappa shape index (κ3) is 3.59. The minimum atomic E-state index is -1.11. The number of imidazole rings is 1. The summed E-state index contributed by atoms with van der Waals surface area (Å²) in [5.41, 5.74) is 4.74. The monoisotopic (exact) mass is 449 g/mol. The van der Waals surface area contributed by atoms with E-state index in [2.05, 4.69) is 4.98 Å². The zero-order valence-electron chi connectivity index (χ0n) is 18.8. The van der Waals surface area contributed by atoms with Crippen LogP contribution in [-0.4, -0.2) is 31.0 Å². The van der Waals surface area contributed by atoms with Crippen LogP contribution in [0.3, 0.4) is 0 Å². The summed E-state index contributed by atoms with van der Waals surface area (Å²) in [6.07, 6.45) is 8.92. The molecule has 4 aromatic heterocycles. The third-order valence-electron chi connectivity index (χ3n) is 5.98. The Morgan fingerprint density at radius 3 is 2.78 bits per heavy atom. The third-order valence-corrected chi connectivity index (χ3v) is 7.16. The van der Waals surface area contributed by atoms with Crippen molar-refractivity contribution in [1.82, 2.24) is 14.4 Å². The van der Waals surface area contributed by atoms with Gasteiger partial charge in [0.15, 0.2) is 6.10 Å². The van der Waals surface area contributed by atoms with Gasteiger partial charge in [0.05, 0.1) is 5.60 Å². The Morgan fingerprint density at radius 2 is 2.03 bits per heavy atom. The van der Waals surface area contributed by atoms with Crippen molar-refractivity contribution in [3.05, 3.63) is 52.4 Å². The lowest BCUT2D eigenvalue weighted by atomic mass is 9.88. The van der Waals surface area contributed by atoms with Gasteiger partial charge in [-0.1, -0.05) is 0 Å². The Bertz CT molecular complexity index is 1350. The molecule has 166 valence electrons. The molecule has 0 bridgehead atoms. The van der Waals surface area contributed by atoms with E-state index in [4.69, 9.17) is 9.72 Å². The van der Waals surface area contributed by atoms with Gasteiger partial charge in [-0.05, 0) is 76.6 Å². The lowest BCUT2D eigenvalue weighted by molar-refractivity contribution is -0.160. The number of ether oxygens (including phenoxy) is 1. The van der Waals surface area contributed by atoms with Crippen molar-refractivity contribution in [1.29, 1.82) is 0 Å². The number of aliphatic carboxylic acids is 1. The first-order chi connectivity index (χ1) is 15.2. The molecule has 6 nitrogen and oxygen atoms in total. The quantitative estimate of drug-likeness (QED) is 0.430. The second-order valence-corrected chi connectivity index (χ2v) is 10.5. The molecule has 0 aromatic carbocycles. The normalized spacial score (nSPS) is 15.2. The highest BCUT2D eigenvalue weighted by molar-refractivity contribution is 7.19. The highest BCUT2D eigenvalue weighted by Crippen LogP contribution is 2.45. The molecule has 1 aliphatic carbocycles. The number of pyridine rings is 2. The molecule has 1 N–H and O–H groups in total. The fourth-order valence-corrected chi connectivity index (χ4v) is 6.01. The van der Waals surface area contributed by atoms with E-state index in [1.165, 1.54) is 16.9 Å². The predicted octanol–water partition coefficient (Wildman–Crippen LogP) is 5.74. The predicted molar refractivity (Wildman–Crippen MR) is 126 cm³/mol. The molecular formula is C25H27N3O3S. The molecule has 32 heavy (non-hydrogen) atoms. The molecule has 4 heterocycles. The van der Waals surface area contributed by atoms with E-state index in [1.807, 2.05) is 56.6 Å². The number of carboxylic acid groups (broad SMARTS) is 1. The van der Waals surface area contributed by atoms with Gasteiger partial charge in [-0.2, -0.15) is 0 Å². The largest absolute Gasteiger partial charge is 0.479 e. The Labute approximate surface area is 190 Å². The van der Waals surface area contributed by atoms with Gasteiger partial charge >= 0.3 is 5.97 Å². The summed E-state index contributed by atoms with van der Waals surface area (Å²) in [7, 11) is 0. The lowest BCUT2D eigenvalue weighted by Crippen LogP contribution is -2.28. The Balaban J connectivity index is 1.87. The molecule has 1 atom stereocenters. The van der Waals surface area contributed by atoms with Crippen molar-refractivity contribution in [2.75, 3.05) is 0 Å². The van der Waals surface area contributed by atoms with Gasteiger partial charge in [0.2, 0.25) is 0 Å². The van der Waals surface area contributed by atoms with E-state index < -0.39 is 17.7 Å². The molecule has 0 amide bonds. The van der Waals surface area contributed by atoms with Crippen LogP contribution in [0, 0.1) is 6.92 Å². The van der Waals surface area contributed by atoms with Crippen molar-refractivity contribution in [3.63, 3.8) is 0 Å². The molecule has 4 aromatic rings. The van der Waals surface area contributed by atoms with Crippen LogP contribution in [0.2, 0.25) is 0 Å². The molecule has 0 aliphatic heterocycles. The van der Waals surface area contributed by atoms with Gasteiger partial charge in [0.1, 0.15) is 10.5 Å². The zero-order chi connectivity index (χ0) is 22.6. The fourth-order valence-electron chi connectivity index (χ4n) is 4.69. The molecule has 0 radical (unpaired) electrons. The first-order valence-corrected chi connectivity index (χ1v) is 11.8. The van der Waals surface area contributed by atoms with Crippen LogP contribution in [0.15, 0.2) is 30.7 Å². The number of carboxylic acids is 1. The Morgan fingerprint density at radius 1 is 1.25 bits per heavy atom. The van der Waals surface area contributed by atoms with E-state index >= 15 is 0 Å². The van der Waals surface area contributed by atoms with Crippen LogP contribution in [0.4, 0.5) is 0 Å². The number of rotatable bonds is 4. The minimum Gasteiger partial charge on any atom is -0.479 e. The van der Waals surface area contributed by atoms with Gasteiger partial charge in [-0.3, -0.25) is 0 Å². The molecule has 0 fully saturated rings. The summed E-state index contributed by atoms with van der Waals surface area (Å²) in [4.78, 5) is 24.2. The second-order valence-electron chi connectivity index (χ2n) is 9.43. The first kappa shape index (κ1) is 21.1. The van der Waals surface area contributed by atoms with E-state index in [0.29, 0.717) is 11.3 Å². The number of hydrogen-bond donors (Lipinski definition) is 1. The number of hydrogen-bond acceptors (Lipinski definition) is 5. The van der Waals surface area contributed by atoms with E-state index in [0.717, 1.165) is 46.3 Å². The van der Waals surface area contributed by atoms with Crippen LogP contribution in [0.25, 0.3) is 27.0 Å². The average molecular weight is 450 g/mol. The van der Waals surface area contributed by atoms with E-state index in [1.54, 1.807) is 17.5 Å². The summed E-state index contributed by atoms with van der Waals surface area (Å²) >= 11 is 1.75. The maximum Gasteiger partial charge on any atom is 0.337 e. The Hall–Kier alpha value is -2.77. The fraction of sp³-hybridized carbons (Fsp3) is 0.400. The number of fused-ring (bicyclic) bond motifs is 4. The number of nitrogens with zero attached hydrogens (tertiary/aromatic N) is 3. The molecule has 5 rings (SSSR count). The molecule has 0 saturated heterocycles. The number of thiophene rings is 1. The van der Waals surface area contributed by atoms with Gasteiger partial charge < -0.3 is 14.2 Å². The Kier molecular flexibility index (Phi) is 5.06. The molecule has 0 saturated carbocycles. The van der Waals surface area contributed by atoms with Crippen molar-refractivity contribution in [2.24, 2.45) is 0 Å². The average Bonchev–Trinajstić information content (AvgIpc) is 3.33. The maximum atomic E-state index is 12.5. The van der Waals surface area contributed by atoms with Gasteiger partial charge in [-0.25, -0.2) is 14.8 Å². The smallest absolute Gasteiger partial charge is 0.337 e. The van der Waals surface area contributed by atoms with Gasteiger partial charge in [0, 0.05) is 45.7 Å². The van der Waals surface area contributed by atoms with Crippen LogP contribution in [0.1, 0.15) is 61.4 Å². The summed E-state index contributed by atoms with van der Waals surface area (Å²) in [5, 5.41) is 11.3. The minimum absolute atomic E-state index is 0.622. The van der Waals surface area contributed by atoms with Crippen molar-refractivity contribution in [2.45, 2.75) is 65.1 Å². The summed E-state index contributed by atoms with van der Waals surface area (Å²) in [6.45, 7) is 7.54. The van der Waals surface area contributed by atoms with Crippen LogP contribution < -0.4 is 0 Å². The standard InChI is InChI=1S/C25H27N3O3S/c1-14-19(22(24(29)30)31-25(2,3)4)20(15-9-11-28-12-10-26-18(28)13-15)21-16-7-5-6-8-17(16)32-23(21)27-14/h9-13,22H,5-8H2,1-4H3,(H,29,30). The number of aromatic nitrogens is 3. The zero-order valence-corrected chi connectivity index (χ0v) is 19.6. The maximum absolute atomic E-state index is 12.5.